The molecule has 0 heterocycles. The van der Waals surface area contributed by atoms with Crippen molar-refractivity contribution < 1.29 is 19.8 Å². The summed E-state index contributed by atoms with van der Waals surface area (Å²) in [5, 5.41) is 16.5. The molecule has 108 valence electrons. The highest BCUT2D eigenvalue weighted by atomic mass is 16.4. The topological polar surface area (TPSA) is 179 Å². The number of carboxylic acid groups (broad SMARTS) is 2. The van der Waals surface area contributed by atoms with Gasteiger partial charge in [-0.15, -0.1) is 0 Å². The maximum Gasteiger partial charge on any atom is 0.320 e. The number of carbonyl (C=O) groups is 2. The van der Waals surface area contributed by atoms with E-state index in [4.69, 9.17) is 33.1 Å². The van der Waals surface area contributed by atoms with Crippen molar-refractivity contribution in [3.63, 3.8) is 0 Å². The SMILES string of the molecule is NCCCC(N)C(=O)O.NCCC[C@H](N)C(=O)O. The predicted octanol–water partition coefficient (Wildman–Crippen LogP) is -1.73. The van der Waals surface area contributed by atoms with Gasteiger partial charge in [0.1, 0.15) is 12.1 Å². The maximum atomic E-state index is 10.0. The summed E-state index contributed by atoms with van der Waals surface area (Å²) in [7, 11) is 0. The van der Waals surface area contributed by atoms with Gasteiger partial charge < -0.3 is 33.1 Å². The van der Waals surface area contributed by atoms with Gasteiger partial charge in [0.05, 0.1) is 0 Å². The Morgan fingerprint density at radius 3 is 1.28 bits per heavy atom. The monoisotopic (exact) mass is 264 g/mol. The zero-order chi connectivity index (χ0) is 14.6. The van der Waals surface area contributed by atoms with E-state index in [0.29, 0.717) is 38.8 Å². The molecule has 0 fully saturated rings. The molecular formula is C10H24N4O4. The molecule has 0 aromatic rings. The number of rotatable bonds is 8. The third-order valence-corrected chi connectivity index (χ3v) is 2.07. The maximum absolute atomic E-state index is 10.0. The van der Waals surface area contributed by atoms with Crippen molar-refractivity contribution >= 4 is 11.9 Å². The lowest BCUT2D eigenvalue weighted by atomic mass is 10.2. The Balaban J connectivity index is 0. The van der Waals surface area contributed by atoms with Crippen LogP contribution in [0.3, 0.4) is 0 Å². The number of nitrogens with two attached hydrogens (primary N) is 4. The largest absolute Gasteiger partial charge is 0.480 e. The molecule has 18 heavy (non-hydrogen) atoms. The number of hydrogen-bond acceptors (Lipinski definition) is 6. The van der Waals surface area contributed by atoms with Crippen molar-refractivity contribution in [2.45, 2.75) is 37.8 Å². The molecule has 0 amide bonds. The minimum Gasteiger partial charge on any atom is -0.480 e. The molecule has 8 heteroatoms. The molecule has 0 radical (unpaired) electrons. The van der Waals surface area contributed by atoms with Crippen LogP contribution in [0, 0.1) is 0 Å². The van der Waals surface area contributed by atoms with Gasteiger partial charge in [0.2, 0.25) is 0 Å². The van der Waals surface area contributed by atoms with Crippen LogP contribution in [0.25, 0.3) is 0 Å². The van der Waals surface area contributed by atoms with Crippen molar-refractivity contribution in [3.8, 4) is 0 Å². The number of carboxylic acids is 2. The fourth-order valence-corrected chi connectivity index (χ4v) is 0.922. The Kier molecular flexibility index (Phi) is 13.0. The molecule has 0 spiro atoms. The highest BCUT2D eigenvalue weighted by Gasteiger charge is 2.09. The van der Waals surface area contributed by atoms with Crippen LogP contribution in [0.4, 0.5) is 0 Å². The third-order valence-electron chi connectivity index (χ3n) is 2.07. The molecular weight excluding hydrogens is 240 g/mol. The van der Waals surface area contributed by atoms with E-state index >= 15 is 0 Å². The van der Waals surface area contributed by atoms with Crippen LogP contribution in [0.1, 0.15) is 25.7 Å². The van der Waals surface area contributed by atoms with E-state index in [1.807, 2.05) is 0 Å². The quantitative estimate of drug-likeness (QED) is 0.299. The van der Waals surface area contributed by atoms with Crippen molar-refractivity contribution in [2.24, 2.45) is 22.9 Å². The Bertz CT molecular complexity index is 214. The first-order chi connectivity index (χ1) is 8.36. The van der Waals surface area contributed by atoms with Gasteiger partial charge in [0.15, 0.2) is 0 Å². The van der Waals surface area contributed by atoms with E-state index in [9.17, 15) is 9.59 Å². The van der Waals surface area contributed by atoms with Crippen molar-refractivity contribution in [2.75, 3.05) is 13.1 Å². The summed E-state index contributed by atoms with van der Waals surface area (Å²) in [6, 6.07) is -1.48. The van der Waals surface area contributed by atoms with Gasteiger partial charge in [-0.2, -0.15) is 0 Å². The molecule has 0 aromatic heterocycles. The average molecular weight is 264 g/mol. The lowest BCUT2D eigenvalue weighted by Crippen LogP contribution is -2.30. The Morgan fingerprint density at radius 2 is 1.11 bits per heavy atom. The molecule has 0 saturated carbocycles. The molecule has 0 aliphatic heterocycles. The second-order valence-electron chi connectivity index (χ2n) is 3.75. The summed E-state index contributed by atoms with van der Waals surface area (Å²) < 4.78 is 0. The van der Waals surface area contributed by atoms with E-state index < -0.39 is 24.0 Å². The molecule has 0 saturated heterocycles. The molecule has 0 bridgehead atoms. The van der Waals surface area contributed by atoms with Crippen LogP contribution in [0.2, 0.25) is 0 Å². The van der Waals surface area contributed by atoms with E-state index in [-0.39, 0.29) is 0 Å². The first kappa shape index (κ1) is 19.1. The van der Waals surface area contributed by atoms with E-state index in [1.54, 1.807) is 0 Å². The summed E-state index contributed by atoms with van der Waals surface area (Å²) in [6.45, 7) is 1.00. The second-order valence-corrected chi connectivity index (χ2v) is 3.75. The minimum absolute atomic E-state index is 0.464. The highest BCUT2D eigenvalue weighted by Crippen LogP contribution is 1.91. The molecule has 1 unspecified atom stereocenters. The normalized spacial score (nSPS) is 13.1. The summed E-state index contributed by atoms with van der Waals surface area (Å²) in [4.78, 5) is 20.1. The molecule has 0 aliphatic rings. The average Bonchev–Trinajstić information content (AvgIpc) is 2.33. The lowest BCUT2D eigenvalue weighted by Gasteiger charge is -2.02. The molecule has 10 N–H and O–H groups in total. The van der Waals surface area contributed by atoms with Crippen molar-refractivity contribution in [1.82, 2.24) is 0 Å². The highest BCUT2D eigenvalue weighted by molar-refractivity contribution is 5.73. The van der Waals surface area contributed by atoms with Crippen LogP contribution in [0.5, 0.6) is 0 Å². The van der Waals surface area contributed by atoms with Crippen molar-refractivity contribution in [3.05, 3.63) is 0 Å². The van der Waals surface area contributed by atoms with Gasteiger partial charge >= 0.3 is 11.9 Å². The van der Waals surface area contributed by atoms with Gasteiger partial charge in [-0.3, -0.25) is 9.59 Å². The van der Waals surface area contributed by atoms with Crippen LogP contribution < -0.4 is 22.9 Å². The van der Waals surface area contributed by atoms with Gasteiger partial charge in [-0.05, 0) is 38.8 Å². The van der Waals surface area contributed by atoms with Gasteiger partial charge in [-0.25, -0.2) is 0 Å². The summed E-state index contributed by atoms with van der Waals surface area (Å²) in [5.74, 6) is -1.91. The standard InChI is InChI=1S/2C5H12N2O2/c2*6-3-1-2-4(7)5(8)9/h2*4H,1-3,6-7H2,(H,8,9)/t4-;/m0./s1. The van der Waals surface area contributed by atoms with Crippen LogP contribution in [-0.4, -0.2) is 47.3 Å². The second kappa shape index (κ2) is 12.2. The number of hydrogen-bond donors (Lipinski definition) is 6. The summed E-state index contributed by atoms with van der Waals surface area (Å²) in [5.41, 5.74) is 20.6. The lowest BCUT2D eigenvalue weighted by molar-refractivity contribution is -0.139. The molecule has 8 nitrogen and oxygen atoms in total. The molecule has 0 rings (SSSR count). The first-order valence-electron chi connectivity index (χ1n) is 5.73. The molecule has 0 aliphatic carbocycles. The Labute approximate surface area is 106 Å². The molecule has 2 atom stereocenters. The third kappa shape index (κ3) is 12.8. The zero-order valence-corrected chi connectivity index (χ0v) is 10.4. The fourth-order valence-electron chi connectivity index (χ4n) is 0.922. The summed E-state index contributed by atoms with van der Waals surface area (Å²) >= 11 is 0. The Hall–Kier alpha value is -1.22. The van der Waals surface area contributed by atoms with E-state index in [1.165, 1.54) is 0 Å². The van der Waals surface area contributed by atoms with Gasteiger partial charge in [-0.1, -0.05) is 0 Å². The van der Waals surface area contributed by atoms with Gasteiger partial charge in [0.25, 0.3) is 0 Å². The Morgan fingerprint density at radius 1 is 0.833 bits per heavy atom. The van der Waals surface area contributed by atoms with E-state index in [0.717, 1.165) is 0 Å². The van der Waals surface area contributed by atoms with Crippen molar-refractivity contribution in [1.29, 1.82) is 0 Å². The summed E-state index contributed by atoms with van der Waals surface area (Å²) in [6.07, 6.45) is 2.28. The first-order valence-corrected chi connectivity index (χ1v) is 5.73. The van der Waals surface area contributed by atoms with E-state index in [2.05, 4.69) is 0 Å². The fraction of sp³-hybridized carbons (Fsp3) is 0.800. The van der Waals surface area contributed by atoms with Crippen LogP contribution in [-0.2, 0) is 9.59 Å². The van der Waals surface area contributed by atoms with Gasteiger partial charge in [0, 0.05) is 0 Å². The minimum atomic E-state index is -0.955. The molecule has 0 aromatic carbocycles. The van der Waals surface area contributed by atoms with Crippen LogP contribution in [0.15, 0.2) is 0 Å². The van der Waals surface area contributed by atoms with Crippen LogP contribution >= 0.6 is 0 Å². The number of aliphatic carboxylic acids is 2. The smallest absolute Gasteiger partial charge is 0.320 e. The zero-order valence-electron chi connectivity index (χ0n) is 10.4. The predicted molar refractivity (Wildman–Crippen MR) is 67.8 cm³/mol.